The van der Waals surface area contributed by atoms with Crippen molar-refractivity contribution >= 4 is 0 Å². The number of rotatable bonds is 0. The highest BCUT2D eigenvalue weighted by Crippen LogP contribution is 2.33. The Morgan fingerprint density at radius 2 is 2.18 bits per heavy atom. The lowest BCUT2D eigenvalue weighted by Gasteiger charge is -2.37. The molecule has 2 heteroatoms. The van der Waals surface area contributed by atoms with Crippen molar-refractivity contribution in [1.82, 2.24) is 5.32 Å². The monoisotopic (exact) mass is 155 g/mol. The summed E-state index contributed by atoms with van der Waals surface area (Å²) in [5.41, 5.74) is 0.481. The van der Waals surface area contributed by atoms with E-state index in [1.54, 1.807) is 0 Å². The average molecular weight is 155 g/mol. The van der Waals surface area contributed by atoms with Gasteiger partial charge in [0.1, 0.15) is 0 Å². The summed E-state index contributed by atoms with van der Waals surface area (Å²) in [6, 6.07) is 0.656. The Morgan fingerprint density at radius 3 is 3.00 bits per heavy atom. The van der Waals surface area contributed by atoms with Crippen LogP contribution in [-0.4, -0.2) is 25.8 Å². The largest absolute Gasteiger partial charge is 0.379 e. The summed E-state index contributed by atoms with van der Waals surface area (Å²) in [6.07, 6.45) is 1.32. The van der Waals surface area contributed by atoms with Gasteiger partial charge in [0, 0.05) is 18.5 Å². The molecule has 0 spiro atoms. The average Bonchev–Trinajstić information content (AvgIpc) is 2.31. The molecular formula is C9H17NO. The predicted octanol–water partition coefficient (Wildman–Crippen LogP) is 1.02. The van der Waals surface area contributed by atoms with E-state index in [4.69, 9.17) is 4.74 Å². The maximum Gasteiger partial charge on any atom is 0.0623 e. The number of hydrogen-bond donors (Lipinski definition) is 1. The van der Waals surface area contributed by atoms with Gasteiger partial charge in [-0.25, -0.2) is 0 Å². The fourth-order valence-corrected chi connectivity index (χ4v) is 2.21. The molecule has 2 rings (SSSR count). The Labute approximate surface area is 68.3 Å². The molecule has 2 aliphatic heterocycles. The van der Waals surface area contributed by atoms with Crippen molar-refractivity contribution in [3.8, 4) is 0 Å². The van der Waals surface area contributed by atoms with E-state index in [2.05, 4.69) is 19.2 Å². The molecule has 0 bridgehead atoms. The van der Waals surface area contributed by atoms with Gasteiger partial charge in [0.2, 0.25) is 0 Å². The van der Waals surface area contributed by atoms with Gasteiger partial charge >= 0.3 is 0 Å². The molecular weight excluding hydrogens is 138 g/mol. The van der Waals surface area contributed by atoms with Gasteiger partial charge in [0.15, 0.2) is 0 Å². The van der Waals surface area contributed by atoms with E-state index in [1.807, 2.05) is 0 Å². The number of hydrogen-bond acceptors (Lipinski definition) is 2. The summed E-state index contributed by atoms with van der Waals surface area (Å²) in [4.78, 5) is 0. The summed E-state index contributed by atoms with van der Waals surface area (Å²) in [6.45, 7) is 7.71. The molecule has 11 heavy (non-hydrogen) atoms. The topological polar surface area (TPSA) is 21.3 Å². The normalized spacial score (nSPS) is 42.0. The highest BCUT2D eigenvalue weighted by Gasteiger charge is 2.37. The molecule has 0 aromatic carbocycles. The van der Waals surface area contributed by atoms with E-state index in [1.165, 1.54) is 6.42 Å². The predicted molar refractivity (Wildman–Crippen MR) is 44.5 cm³/mol. The Morgan fingerprint density at radius 1 is 1.36 bits per heavy atom. The van der Waals surface area contributed by atoms with Crippen molar-refractivity contribution in [1.29, 1.82) is 0 Å². The third-order valence-corrected chi connectivity index (χ3v) is 2.86. The van der Waals surface area contributed by atoms with Gasteiger partial charge in [-0.05, 0) is 11.8 Å². The van der Waals surface area contributed by atoms with E-state index in [9.17, 15) is 0 Å². The van der Waals surface area contributed by atoms with Gasteiger partial charge in [0.25, 0.3) is 0 Å². The van der Waals surface area contributed by atoms with Crippen molar-refractivity contribution < 1.29 is 4.74 Å². The van der Waals surface area contributed by atoms with Crippen LogP contribution in [0.2, 0.25) is 0 Å². The molecule has 1 N–H and O–H groups in total. The molecule has 2 fully saturated rings. The number of ether oxygens (including phenoxy) is 1. The summed E-state index contributed by atoms with van der Waals surface area (Å²) >= 11 is 0. The summed E-state index contributed by atoms with van der Waals surface area (Å²) in [5.74, 6) is 0.777. The molecule has 64 valence electrons. The zero-order chi connectivity index (χ0) is 7.90. The standard InChI is InChI=1S/C9H17NO/c1-9(2)3-7-4-11-5-8(7)10-6-9/h7-8,10H,3-6H2,1-2H3/t7-,8+/m0/s1. The van der Waals surface area contributed by atoms with Crippen LogP contribution >= 0.6 is 0 Å². The fraction of sp³-hybridized carbons (Fsp3) is 1.00. The van der Waals surface area contributed by atoms with Gasteiger partial charge in [-0.1, -0.05) is 13.8 Å². The quantitative estimate of drug-likeness (QED) is 0.564. The minimum absolute atomic E-state index is 0.481. The molecule has 0 unspecified atom stereocenters. The van der Waals surface area contributed by atoms with Crippen LogP contribution in [0.15, 0.2) is 0 Å². The second kappa shape index (κ2) is 2.46. The first kappa shape index (κ1) is 7.56. The summed E-state index contributed by atoms with van der Waals surface area (Å²) in [5, 5.41) is 3.55. The third kappa shape index (κ3) is 1.42. The molecule has 0 aromatic heterocycles. The van der Waals surface area contributed by atoms with Gasteiger partial charge in [-0.15, -0.1) is 0 Å². The van der Waals surface area contributed by atoms with Crippen molar-refractivity contribution in [2.45, 2.75) is 26.3 Å². The Hall–Kier alpha value is -0.0800. The van der Waals surface area contributed by atoms with E-state index in [-0.39, 0.29) is 0 Å². The third-order valence-electron chi connectivity index (χ3n) is 2.86. The van der Waals surface area contributed by atoms with Crippen LogP contribution in [0, 0.1) is 11.3 Å². The highest BCUT2D eigenvalue weighted by molar-refractivity contribution is 4.92. The van der Waals surface area contributed by atoms with Crippen LogP contribution in [0.1, 0.15) is 20.3 Å². The van der Waals surface area contributed by atoms with E-state index >= 15 is 0 Å². The molecule has 0 radical (unpaired) electrons. The first-order valence-electron chi connectivity index (χ1n) is 4.48. The van der Waals surface area contributed by atoms with Gasteiger partial charge in [-0.3, -0.25) is 0 Å². The first-order chi connectivity index (χ1) is 5.17. The van der Waals surface area contributed by atoms with E-state index < -0.39 is 0 Å². The van der Waals surface area contributed by atoms with Crippen LogP contribution < -0.4 is 5.32 Å². The van der Waals surface area contributed by atoms with E-state index in [0.717, 1.165) is 25.7 Å². The second-order valence-corrected chi connectivity index (χ2v) is 4.65. The Kier molecular flexibility index (Phi) is 1.69. The number of nitrogens with one attached hydrogen (secondary N) is 1. The van der Waals surface area contributed by atoms with Crippen molar-refractivity contribution in [3.63, 3.8) is 0 Å². The molecule has 2 saturated heterocycles. The summed E-state index contributed by atoms with van der Waals surface area (Å²) in [7, 11) is 0. The Bertz CT molecular complexity index is 156. The highest BCUT2D eigenvalue weighted by atomic mass is 16.5. The molecule has 2 nitrogen and oxygen atoms in total. The first-order valence-corrected chi connectivity index (χ1v) is 4.48. The van der Waals surface area contributed by atoms with Crippen molar-refractivity contribution in [3.05, 3.63) is 0 Å². The lowest BCUT2D eigenvalue weighted by molar-refractivity contribution is 0.166. The summed E-state index contributed by atoms with van der Waals surface area (Å²) < 4.78 is 5.42. The van der Waals surface area contributed by atoms with E-state index in [0.29, 0.717) is 11.5 Å². The SMILES string of the molecule is CC1(C)CN[C@@H]2COC[C@@H]2C1. The molecule has 2 aliphatic rings. The molecule has 2 heterocycles. The zero-order valence-corrected chi connectivity index (χ0v) is 7.39. The Balaban J connectivity index is 2.02. The van der Waals surface area contributed by atoms with Crippen LogP contribution in [0.4, 0.5) is 0 Å². The molecule has 0 saturated carbocycles. The molecule has 0 aliphatic carbocycles. The zero-order valence-electron chi connectivity index (χ0n) is 7.39. The van der Waals surface area contributed by atoms with Crippen molar-refractivity contribution in [2.75, 3.05) is 19.8 Å². The molecule has 0 aromatic rings. The van der Waals surface area contributed by atoms with Crippen LogP contribution in [0.5, 0.6) is 0 Å². The van der Waals surface area contributed by atoms with Crippen LogP contribution in [0.25, 0.3) is 0 Å². The smallest absolute Gasteiger partial charge is 0.0623 e. The lowest BCUT2D eigenvalue weighted by Crippen LogP contribution is -2.48. The maximum absolute atomic E-state index is 5.42. The van der Waals surface area contributed by atoms with Gasteiger partial charge in [-0.2, -0.15) is 0 Å². The van der Waals surface area contributed by atoms with Crippen molar-refractivity contribution in [2.24, 2.45) is 11.3 Å². The van der Waals surface area contributed by atoms with Crippen LogP contribution in [0.3, 0.4) is 0 Å². The van der Waals surface area contributed by atoms with Gasteiger partial charge in [0.05, 0.1) is 13.2 Å². The minimum atomic E-state index is 0.481. The number of piperidine rings is 1. The van der Waals surface area contributed by atoms with Crippen LogP contribution in [-0.2, 0) is 4.74 Å². The maximum atomic E-state index is 5.42. The fourth-order valence-electron chi connectivity index (χ4n) is 2.21. The van der Waals surface area contributed by atoms with Gasteiger partial charge < -0.3 is 10.1 Å². The molecule has 2 atom stereocenters. The second-order valence-electron chi connectivity index (χ2n) is 4.65. The number of fused-ring (bicyclic) bond motifs is 1. The molecule has 0 amide bonds. The minimum Gasteiger partial charge on any atom is -0.379 e. The lowest BCUT2D eigenvalue weighted by atomic mass is 9.77.